The number of furan rings is 1. The van der Waals surface area contributed by atoms with Gasteiger partial charge in [-0.15, -0.1) is 24.0 Å². The fourth-order valence-corrected chi connectivity index (χ4v) is 2.42. The number of halogens is 1. The van der Waals surface area contributed by atoms with Crippen LogP contribution in [0.1, 0.15) is 18.2 Å². The molecule has 0 aliphatic rings. The number of aliphatic imine (C=N–C) groups is 1. The Morgan fingerprint density at radius 3 is 2.44 bits per heavy atom. The molecule has 0 amide bonds. The topological polar surface area (TPSA) is 49.6 Å². The summed E-state index contributed by atoms with van der Waals surface area (Å²) in [5.41, 5.74) is 1.33. The van der Waals surface area contributed by atoms with E-state index in [0.29, 0.717) is 5.25 Å². The Balaban J connectivity index is 0.00000312. The number of benzene rings is 1. The highest BCUT2D eigenvalue weighted by Gasteiger charge is 2.03. The summed E-state index contributed by atoms with van der Waals surface area (Å²) in [5.74, 6) is 1.86. The van der Waals surface area contributed by atoms with Gasteiger partial charge >= 0.3 is 0 Å². The van der Waals surface area contributed by atoms with Crippen molar-refractivity contribution in [2.75, 3.05) is 25.9 Å². The summed E-state index contributed by atoms with van der Waals surface area (Å²) in [4.78, 5) is 4.69. The third-order valence-electron chi connectivity index (χ3n) is 3.70. The first-order chi connectivity index (χ1) is 11.8. The molecular weight excluding hydrogens is 445 g/mol. The van der Waals surface area contributed by atoms with E-state index >= 15 is 0 Å². The van der Waals surface area contributed by atoms with Crippen molar-refractivity contribution in [3.05, 3.63) is 60.1 Å². The van der Waals surface area contributed by atoms with Gasteiger partial charge in [0, 0.05) is 24.8 Å². The average molecular weight is 473 g/mol. The Kier molecular flexibility index (Phi) is 11.5. The van der Waals surface area contributed by atoms with Gasteiger partial charge in [0.05, 0.1) is 12.8 Å². The standard InChI is InChI=1S/C19H27N3OS.HI/c1-16(24-2)15-22-19(21-13-11-18-9-6-14-23-18)20-12-10-17-7-4-3-5-8-17;/h3-9,14,16H,10-13,15H2,1-2H3,(H2,20,21,22);1H. The van der Waals surface area contributed by atoms with Crippen molar-refractivity contribution in [2.45, 2.75) is 25.0 Å². The van der Waals surface area contributed by atoms with Crippen LogP contribution in [-0.4, -0.2) is 37.1 Å². The minimum atomic E-state index is 0. The fraction of sp³-hybridized carbons (Fsp3) is 0.421. The maximum absolute atomic E-state index is 5.37. The molecule has 1 aromatic carbocycles. The van der Waals surface area contributed by atoms with Crippen LogP contribution in [0.15, 0.2) is 58.1 Å². The van der Waals surface area contributed by atoms with E-state index in [1.54, 1.807) is 6.26 Å². The monoisotopic (exact) mass is 473 g/mol. The molecule has 2 aromatic rings. The smallest absolute Gasteiger partial charge is 0.191 e. The Hall–Kier alpha value is -1.15. The number of thioether (sulfide) groups is 1. The quantitative estimate of drug-likeness (QED) is 0.329. The molecule has 0 aliphatic carbocycles. The van der Waals surface area contributed by atoms with E-state index < -0.39 is 0 Å². The average Bonchev–Trinajstić information content (AvgIpc) is 3.13. The highest BCUT2D eigenvalue weighted by molar-refractivity contribution is 14.0. The summed E-state index contributed by atoms with van der Waals surface area (Å²) < 4.78 is 5.37. The third kappa shape index (κ3) is 9.21. The van der Waals surface area contributed by atoms with Gasteiger partial charge < -0.3 is 15.1 Å². The molecule has 1 unspecified atom stereocenters. The molecule has 4 nitrogen and oxygen atoms in total. The zero-order valence-corrected chi connectivity index (χ0v) is 18.1. The number of guanidine groups is 1. The van der Waals surface area contributed by atoms with Gasteiger partial charge in [-0.2, -0.15) is 11.8 Å². The highest BCUT2D eigenvalue weighted by Crippen LogP contribution is 2.04. The van der Waals surface area contributed by atoms with Crippen molar-refractivity contribution >= 4 is 41.7 Å². The Bertz CT molecular complexity index is 590. The second-order valence-corrected chi connectivity index (χ2v) is 6.93. The van der Waals surface area contributed by atoms with Gasteiger partial charge in [-0.3, -0.25) is 4.99 Å². The van der Waals surface area contributed by atoms with Gasteiger partial charge in [-0.05, 0) is 30.4 Å². The molecule has 25 heavy (non-hydrogen) atoms. The van der Waals surface area contributed by atoms with E-state index in [-0.39, 0.29) is 24.0 Å². The molecule has 6 heteroatoms. The molecule has 1 heterocycles. The number of nitrogens with one attached hydrogen (secondary N) is 2. The number of rotatable bonds is 9. The van der Waals surface area contributed by atoms with Crippen LogP contribution in [0.5, 0.6) is 0 Å². The van der Waals surface area contributed by atoms with Gasteiger partial charge in [0.2, 0.25) is 0 Å². The SMILES string of the molecule is CSC(C)CN=C(NCCc1ccccc1)NCCc1ccco1.I. The first-order valence-corrected chi connectivity index (χ1v) is 9.68. The van der Waals surface area contributed by atoms with Crippen molar-refractivity contribution in [1.82, 2.24) is 10.6 Å². The summed E-state index contributed by atoms with van der Waals surface area (Å²) in [7, 11) is 0. The molecule has 2 N–H and O–H groups in total. The third-order valence-corrected chi connectivity index (χ3v) is 4.66. The number of hydrogen-bond acceptors (Lipinski definition) is 3. The van der Waals surface area contributed by atoms with Crippen LogP contribution in [0, 0.1) is 0 Å². The van der Waals surface area contributed by atoms with Crippen molar-refractivity contribution in [2.24, 2.45) is 4.99 Å². The summed E-state index contributed by atoms with van der Waals surface area (Å²) in [5, 5.41) is 7.34. The van der Waals surface area contributed by atoms with E-state index in [0.717, 1.165) is 44.2 Å². The Morgan fingerprint density at radius 1 is 1.08 bits per heavy atom. The minimum Gasteiger partial charge on any atom is -0.469 e. The lowest BCUT2D eigenvalue weighted by Crippen LogP contribution is -2.39. The molecule has 138 valence electrons. The molecular formula is C19H28IN3OS. The van der Waals surface area contributed by atoms with Crippen LogP contribution in [0.2, 0.25) is 0 Å². The largest absolute Gasteiger partial charge is 0.469 e. The van der Waals surface area contributed by atoms with Crippen molar-refractivity contribution in [3.63, 3.8) is 0 Å². The van der Waals surface area contributed by atoms with Crippen LogP contribution in [0.4, 0.5) is 0 Å². The second-order valence-electron chi connectivity index (χ2n) is 5.65. The van der Waals surface area contributed by atoms with E-state index in [1.807, 2.05) is 30.0 Å². The van der Waals surface area contributed by atoms with Crippen molar-refractivity contribution in [1.29, 1.82) is 0 Å². The van der Waals surface area contributed by atoms with Crippen LogP contribution >= 0.6 is 35.7 Å². The predicted molar refractivity (Wildman–Crippen MR) is 119 cm³/mol. The van der Waals surface area contributed by atoms with Crippen LogP contribution in [-0.2, 0) is 12.8 Å². The molecule has 0 aliphatic heterocycles. The maximum Gasteiger partial charge on any atom is 0.191 e. The normalized spacial score (nSPS) is 12.3. The lowest BCUT2D eigenvalue weighted by Gasteiger charge is -2.13. The van der Waals surface area contributed by atoms with E-state index in [9.17, 15) is 0 Å². The van der Waals surface area contributed by atoms with Gasteiger partial charge in [0.25, 0.3) is 0 Å². The van der Waals surface area contributed by atoms with E-state index in [2.05, 4.69) is 53.1 Å². The second kappa shape index (κ2) is 13.1. The summed E-state index contributed by atoms with van der Waals surface area (Å²) in [6.07, 6.45) is 5.66. The van der Waals surface area contributed by atoms with E-state index in [4.69, 9.17) is 4.42 Å². The summed E-state index contributed by atoms with van der Waals surface area (Å²) >= 11 is 1.83. The predicted octanol–water partition coefficient (Wildman–Crippen LogP) is 3.97. The van der Waals surface area contributed by atoms with Crippen LogP contribution in [0.25, 0.3) is 0 Å². The summed E-state index contributed by atoms with van der Waals surface area (Å²) in [6, 6.07) is 14.4. The van der Waals surface area contributed by atoms with Crippen molar-refractivity contribution in [3.8, 4) is 0 Å². The van der Waals surface area contributed by atoms with Gasteiger partial charge in [0.1, 0.15) is 5.76 Å². The van der Waals surface area contributed by atoms with Gasteiger partial charge in [-0.1, -0.05) is 37.3 Å². The lowest BCUT2D eigenvalue weighted by atomic mass is 10.1. The minimum absolute atomic E-state index is 0. The number of nitrogens with zero attached hydrogens (tertiary/aromatic N) is 1. The van der Waals surface area contributed by atoms with Gasteiger partial charge in [-0.25, -0.2) is 0 Å². The number of hydrogen-bond donors (Lipinski definition) is 2. The van der Waals surface area contributed by atoms with Crippen molar-refractivity contribution < 1.29 is 4.42 Å². The molecule has 0 fully saturated rings. The molecule has 0 bridgehead atoms. The molecule has 2 rings (SSSR count). The lowest BCUT2D eigenvalue weighted by molar-refractivity contribution is 0.506. The molecule has 1 atom stereocenters. The van der Waals surface area contributed by atoms with Crippen LogP contribution in [0.3, 0.4) is 0 Å². The zero-order chi connectivity index (χ0) is 17.0. The summed E-state index contributed by atoms with van der Waals surface area (Å²) in [6.45, 7) is 4.67. The Labute approximate surface area is 172 Å². The molecule has 0 saturated heterocycles. The fourth-order valence-electron chi connectivity index (χ4n) is 2.20. The first kappa shape index (κ1) is 21.9. The molecule has 0 radical (unpaired) electrons. The first-order valence-electron chi connectivity index (χ1n) is 8.39. The maximum atomic E-state index is 5.37. The van der Waals surface area contributed by atoms with Crippen LogP contribution < -0.4 is 10.6 Å². The molecule has 1 aromatic heterocycles. The van der Waals surface area contributed by atoms with Gasteiger partial charge in [0.15, 0.2) is 5.96 Å². The zero-order valence-electron chi connectivity index (χ0n) is 14.9. The Morgan fingerprint density at radius 2 is 1.80 bits per heavy atom. The van der Waals surface area contributed by atoms with E-state index in [1.165, 1.54) is 5.56 Å². The molecule has 0 spiro atoms. The molecule has 0 saturated carbocycles. The highest BCUT2D eigenvalue weighted by atomic mass is 127.